The zero-order valence-corrected chi connectivity index (χ0v) is 13.3. The summed E-state index contributed by atoms with van der Waals surface area (Å²) in [5.74, 6) is -0.705. The molecule has 1 aliphatic rings. The van der Waals surface area contributed by atoms with Crippen molar-refractivity contribution in [2.45, 2.75) is 30.6 Å². The zero-order chi connectivity index (χ0) is 18.2. The molecule has 0 aromatic heterocycles. The molecule has 9 nitrogen and oxygen atoms in total. The maximum absolute atomic E-state index is 12.3. The summed E-state index contributed by atoms with van der Waals surface area (Å²) in [6, 6.07) is 7.03. The van der Waals surface area contributed by atoms with Gasteiger partial charge in [0, 0.05) is 4.91 Å². The number of hydrogen-bond acceptors (Lipinski definition) is 7. The van der Waals surface area contributed by atoms with E-state index in [0.29, 0.717) is 0 Å². The van der Waals surface area contributed by atoms with Crippen LogP contribution in [0.25, 0.3) is 10.4 Å². The second kappa shape index (κ2) is 9.16. The fourth-order valence-corrected chi connectivity index (χ4v) is 2.44. The molecule has 0 radical (unpaired) electrons. The van der Waals surface area contributed by atoms with Gasteiger partial charge in [0.25, 0.3) is 0 Å². The Bertz CT molecular complexity index is 634. The highest BCUT2D eigenvalue weighted by atomic mass is 16.7. The molecule has 1 fully saturated rings. The second-order valence-electron chi connectivity index (χ2n) is 5.27. The van der Waals surface area contributed by atoms with E-state index < -0.39 is 43.2 Å². The summed E-state index contributed by atoms with van der Waals surface area (Å²) in [6.45, 7) is 3.06. The quantitative estimate of drug-likeness (QED) is 0.249. The van der Waals surface area contributed by atoms with Gasteiger partial charge in [-0.2, -0.15) is 0 Å². The van der Waals surface area contributed by atoms with Gasteiger partial charge in [-0.15, -0.1) is 6.58 Å². The van der Waals surface area contributed by atoms with Gasteiger partial charge in [-0.25, -0.2) is 4.79 Å². The summed E-state index contributed by atoms with van der Waals surface area (Å²) in [5.41, 5.74) is 9.06. The minimum Gasteiger partial charge on any atom is -0.455 e. The van der Waals surface area contributed by atoms with Crippen LogP contribution in [0.3, 0.4) is 0 Å². The Balaban J connectivity index is 2.26. The number of aliphatic hydroxyl groups excluding tert-OH is 2. The largest absolute Gasteiger partial charge is 0.455 e. The normalized spacial score (nSPS) is 28.6. The molecule has 5 unspecified atom stereocenters. The van der Waals surface area contributed by atoms with Crippen LogP contribution in [0.15, 0.2) is 48.1 Å². The van der Waals surface area contributed by atoms with Crippen molar-refractivity contribution in [2.24, 2.45) is 5.11 Å². The minimum absolute atomic E-state index is 0.0791. The van der Waals surface area contributed by atoms with E-state index in [1.807, 2.05) is 0 Å². The average molecular weight is 349 g/mol. The van der Waals surface area contributed by atoms with Crippen LogP contribution in [0.1, 0.15) is 10.4 Å². The van der Waals surface area contributed by atoms with Crippen LogP contribution in [0, 0.1) is 0 Å². The molecule has 0 aliphatic carbocycles. The maximum atomic E-state index is 12.3. The summed E-state index contributed by atoms with van der Waals surface area (Å²) in [5, 5.41) is 23.3. The Morgan fingerprint density at radius 3 is 2.76 bits per heavy atom. The number of carbonyl (C=O) groups excluding carboxylic acids is 1. The van der Waals surface area contributed by atoms with E-state index >= 15 is 0 Å². The molecule has 0 bridgehead atoms. The molecule has 5 atom stereocenters. The van der Waals surface area contributed by atoms with Crippen molar-refractivity contribution in [3.63, 3.8) is 0 Å². The van der Waals surface area contributed by atoms with Crippen LogP contribution in [-0.4, -0.2) is 60.0 Å². The summed E-state index contributed by atoms with van der Waals surface area (Å²) in [6.07, 6.45) is -3.35. The Morgan fingerprint density at radius 1 is 1.44 bits per heavy atom. The Hall–Kier alpha value is -2.42. The van der Waals surface area contributed by atoms with E-state index in [1.54, 1.807) is 30.3 Å². The van der Waals surface area contributed by atoms with E-state index in [0.717, 1.165) is 0 Å². The first-order valence-electron chi connectivity index (χ1n) is 7.59. The molecule has 0 amide bonds. The molecule has 9 heteroatoms. The number of esters is 1. The highest BCUT2D eigenvalue weighted by Crippen LogP contribution is 2.27. The van der Waals surface area contributed by atoms with Gasteiger partial charge in [0.15, 0.2) is 6.29 Å². The molecular formula is C16H19N3O6. The third-order valence-electron chi connectivity index (χ3n) is 3.64. The van der Waals surface area contributed by atoms with Crippen molar-refractivity contribution in [1.82, 2.24) is 0 Å². The van der Waals surface area contributed by atoms with Gasteiger partial charge in [0.2, 0.25) is 0 Å². The number of benzene rings is 1. The van der Waals surface area contributed by atoms with Gasteiger partial charge in [-0.3, -0.25) is 0 Å². The summed E-state index contributed by atoms with van der Waals surface area (Å²) in [4.78, 5) is 15.0. The average Bonchev–Trinajstić information content (AvgIpc) is 2.64. The highest BCUT2D eigenvalue weighted by molar-refractivity contribution is 5.89. The zero-order valence-electron chi connectivity index (χ0n) is 13.3. The van der Waals surface area contributed by atoms with Gasteiger partial charge in [0.1, 0.15) is 24.4 Å². The van der Waals surface area contributed by atoms with Crippen molar-refractivity contribution in [2.75, 3.05) is 13.2 Å². The van der Waals surface area contributed by atoms with Crippen LogP contribution < -0.4 is 0 Å². The molecule has 0 spiro atoms. The fourth-order valence-electron chi connectivity index (χ4n) is 2.44. The molecule has 1 heterocycles. The lowest BCUT2D eigenvalue weighted by Gasteiger charge is -2.41. The third-order valence-corrected chi connectivity index (χ3v) is 3.64. The number of hydrogen-bond donors (Lipinski definition) is 2. The van der Waals surface area contributed by atoms with Crippen molar-refractivity contribution in [3.8, 4) is 0 Å². The molecule has 25 heavy (non-hydrogen) atoms. The topological polar surface area (TPSA) is 134 Å². The molecule has 2 rings (SSSR count). The Morgan fingerprint density at radius 2 is 2.16 bits per heavy atom. The van der Waals surface area contributed by atoms with Crippen LogP contribution in [0.4, 0.5) is 0 Å². The number of ether oxygens (including phenoxy) is 3. The molecule has 1 aromatic carbocycles. The van der Waals surface area contributed by atoms with E-state index in [4.69, 9.17) is 19.7 Å². The van der Waals surface area contributed by atoms with Crippen molar-refractivity contribution >= 4 is 5.97 Å². The van der Waals surface area contributed by atoms with E-state index in [-0.39, 0.29) is 12.2 Å². The summed E-state index contributed by atoms with van der Waals surface area (Å²) >= 11 is 0. The standard InChI is InChI=1S/C16H19N3O6/c1-2-8-23-16-12(18-19-17)14(13(21)11(9-20)24-16)25-15(22)10-6-4-3-5-7-10/h2-7,11-14,16,20-21H,1,8-9H2. The van der Waals surface area contributed by atoms with Crippen molar-refractivity contribution < 1.29 is 29.2 Å². The number of nitrogens with zero attached hydrogens (tertiary/aromatic N) is 3. The van der Waals surface area contributed by atoms with Gasteiger partial charge in [0.05, 0.1) is 18.8 Å². The molecule has 1 aromatic rings. The van der Waals surface area contributed by atoms with Crippen LogP contribution in [0.5, 0.6) is 0 Å². The van der Waals surface area contributed by atoms with Crippen molar-refractivity contribution in [3.05, 3.63) is 59.0 Å². The lowest BCUT2D eigenvalue weighted by molar-refractivity contribution is -0.261. The van der Waals surface area contributed by atoms with Crippen LogP contribution in [-0.2, 0) is 14.2 Å². The predicted molar refractivity (Wildman–Crippen MR) is 86.5 cm³/mol. The molecule has 134 valence electrons. The lowest BCUT2D eigenvalue weighted by atomic mass is 9.97. The van der Waals surface area contributed by atoms with Crippen molar-refractivity contribution in [1.29, 1.82) is 0 Å². The summed E-state index contributed by atoms with van der Waals surface area (Å²) in [7, 11) is 0. The number of azide groups is 1. The smallest absolute Gasteiger partial charge is 0.338 e. The molecule has 0 saturated carbocycles. The predicted octanol–water partition coefficient (Wildman–Crippen LogP) is 1.17. The van der Waals surface area contributed by atoms with E-state index in [2.05, 4.69) is 16.6 Å². The third kappa shape index (κ3) is 4.56. The van der Waals surface area contributed by atoms with Gasteiger partial charge in [-0.05, 0) is 17.7 Å². The maximum Gasteiger partial charge on any atom is 0.338 e. The molecule has 1 aliphatic heterocycles. The number of carbonyl (C=O) groups is 1. The van der Waals surface area contributed by atoms with Gasteiger partial charge < -0.3 is 24.4 Å². The molecule has 2 N–H and O–H groups in total. The lowest BCUT2D eigenvalue weighted by Crippen LogP contribution is -2.59. The SMILES string of the molecule is C=CCOC1OC(CO)C(O)C(OC(=O)c2ccccc2)C1N=[N+]=[N-]. The van der Waals surface area contributed by atoms with E-state index in [9.17, 15) is 15.0 Å². The highest BCUT2D eigenvalue weighted by Gasteiger charge is 2.47. The van der Waals surface area contributed by atoms with Crippen LogP contribution >= 0.6 is 0 Å². The molecular weight excluding hydrogens is 330 g/mol. The second-order valence-corrected chi connectivity index (χ2v) is 5.27. The Kier molecular flexibility index (Phi) is 6.93. The fraction of sp³-hybridized carbons (Fsp3) is 0.438. The minimum atomic E-state index is -1.39. The number of rotatable bonds is 7. The monoisotopic (exact) mass is 349 g/mol. The Labute approximate surface area is 144 Å². The van der Waals surface area contributed by atoms with E-state index in [1.165, 1.54) is 6.08 Å². The number of aliphatic hydroxyl groups is 2. The van der Waals surface area contributed by atoms with Gasteiger partial charge in [-0.1, -0.05) is 29.4 Å². The van der Waals surface area contributed by atoms with Gasteiger partial charge >= 0.3 is 5.97 Å². The van der Waals surface area contributed by atoms with Crippen LogP contribution in [0.2, 0.25) is 0 Å². The first-order chi connectivity index (χ1) is 12.1. The first-order valence-corrected chi connectivity index (χ1v) is 7.59. The summed E-state index contributed by atoms with van der Waals surface area (Å²) < 4.78 is 16.1. The first kappa shape index (κ1) is 18.9. The molecule has 1 saturated heterocycles.